The van der Waals surface area contributed by atoms with E-state index < -0.39 is 5.63 Å². The highest BCUT2D eigenvalue weighted by atomic mass is 16.5. The molecule has 4 rings (SSSR count). The smallest absolute Gasteiger partial charge is 0.340 e. The van der Waals surface area contributed by atoms with Crippen molar-refractivity contribution in [3.8, 4) is 11.5 Å². The maximum absolute atomic E-state index is 12.6. The van der Waals surface area contributed by atoms with E-state index in [0.29, 0.717) is 62.0 Å². The second kappa shape index (κ2) is 6.64. The summed E-state index contributed by atoms with van der Waals surface area (Å²) >= 11 is 0. The lowest BCUT2D eigenvalue weighted by Crippen LogP contribution is -2.42. The summed E-state index contributed by atoms with van der Waals surface area (Å²) < 4.78 is 21.9. The maximum Gasteiger partial charge on any atom is 0.340 e. The Morgan fingerprint density at radius 1 is 1.27 bits per heavy atom. The van der Waals surface area contributed by atoms with Gasteiger partial charge in [-0.25, -0.2) is 4.79 Å². The molecule has 2 aromatic rings. The molecule has 0 unspecified atom stereocenters. The third-order valence-electron chi connectivity index (χ3n) is 5.10. The van der Waals surface area contributed by atoms with E-state index in [2.05, 4.69) is 0 Å². The number of amides is 1. The predicted octanol–water partition coefficient (Wildman–Crippen LogP) is 1.45. The van der Waals surface area contributed by atoms with Crippen LogP contribution >= 0.6 is 0 Å². The van der Waals surface area contributed by atoms with Crippen LogP contribution in [0.15, 0.2) is 15.3 Å². The molecule has 26 heavy (non-hydrogen) atoms. The van der Waals surface area contributed by atoms with Crippen LogP contribution in [0.25, 0.3) is 11.0 Å². The first-order valence-corrected chi connectivity index (χ1v) is 8.74. The highest BCUT2D eigenvalue weighted by molar-refractivity contribution is 5.91. The minimum atomic E-state index is -0.475. The number of methoxy groups -OCH3 is 1. The molecule has 0 radical (unpaired) electrons. The maximum atomic E-state index is 12.6. The van der Waals surface area contributed by atoms with Crippen LogP contribution in [0, 0.1) is 6.92 Å². The number of rotatable bonds is 3. The number of ether oxygens (including phenoxy) is 3. The average molecular weight is 359 g/mol. The molecule has 0 aliphatic carbocycles. The Morgan fingerprint density at radius 2 is 2.04 bits per heavy atom. The van der Waals surface area contributed by atoms with Gasteiger partial charge in [0.2, 0.25) is 5.91 Å². The summed E-state index contributed by atoms with van der Waals surface area (Å²) in [6.45, 7) is 4.59. The first kappa shape index (κ1) is 16.9. The molecule has 1 amide bonds. The van der Waals surface area contributed by atoms with Crippen molar-refractivity contribution < 1.29 is 23.4 Å². The Labute approximate surface area is 150 Å². The fourth-order valence-electron chi connectivity index (χ4n) is 3.71. The monoisotopic (exact) mass is 359 g/mol. The van der Waals surface area contributed by atoms with Gasteiger partial charge in [0, 0.05) is 36.5 Å². The zero-order valence-corrected chi connectivity index (χ0v) is 14.9. The van der Waals surface area contributed by atoms with E-state index in [0.717, 1.165) is 16.5 Å². The van der Waals surface area contributed by atoms with Crippen molar-refractivity contribution in [3.05, 3.63) is 33.2 Å². The lowest BCUT2D eigenvalue weighted by atomic mass is 9.97. The number of fused-ring (bicyclic) bond motifs is 3. The Hall–Kier alpha value is -2.54. The van der Waals surface area contributed by atoms with E-state index in [9.17, 15) is 9.59 Å². The number of nitrogens with zero attached hydrogens (tertiary/aromatic N) is 1. The van der Waals surface area contributed by atoms with Crippen LogP contribution in [-0.4, -0.2) is 50.8 Å². The van der Waals surface area contributed by atoms with Crippen molar-refractivity contribution in [1.82, 2.24) is 4.90 Å². The van der Waals surface area contributed by atoms with E-state index in [1.165, 1.54) is 0 Å². The van der Waals surface area contributed by atoms with E-state index >= 15 is 0 Å². The second-order valence-electron chi connectivity index (χ2n) is 6.52. The summed E-state index contributed by atoms with van der Waals surface area (Å²) in [6, 6.07) is 1.68. The van der Waals surface area contributed by atoms with Gasteiger partial charge in [0.05, 0.1) is 38.9 Å². The number of hydrogen-bond acceptors (Lipinski definition) is 6. The quantitative estimate of drug-likeness (QED) is 0.772. The summed E-state index contributed by atoms with van der Waals surface area (Å²) in [5.41, 5.74) is 2.16. The van der Waals surface area contributed by atoms with Crippen molar-refractivity contribution in [3.63, 3.8) is 0 Å². The first-order valence-electron chi connectivity index (χ1n) is 8.74. The minimum absolute atomic E-state index is 0.0335. The van der Waals surface area contributed by atoms with Gasteiger partial charge >= 0.3 is 5.63 Å². The summed E-state index contributed by atoms with van der Waals surface area (Å²) in [6.07, 6.45) is 0.750. The summed E-state index contributed by atoms with van der Waals surface area (Å²) in [5.74, 6) is 1.18. The first-order chi connectivity index (χ1) is 12.6. The molecule has 0 bridgehead atoms. The van der Waals surface area contributed by atoms with Crippen LogP contribution in [0.1, 0.15) is 16.7 Å². The van der Waals surface area contributed by atoms with Crippen molar-refractivity contribution >= 4 is 16.9 Å². The molecule has 0 atom stereocenters. The summed E-state index contributed by atoms with van der Waals surface area (Å²) in [7, 11) is 1.56. The number of aryl methyl sites for hydroxylation is 1. The van der Waals surface area contributed by atoms with Crippen LogP contribution in [-0.2, 0) is 22.4 Å². The topological polar surface area (TPSA) is 78.2 Å². The fourth-order valence-corrected chi connectivity index (χ4v) is 3.71. The molecule has 2 aliphatic rings. The molecule has 7 heteroatoms. The van der Waals surface area contributed by atoms with Crippen molar-refractivity contribution in [2.24, 2.45) is 0 Å². The normalized spacial score (nSPS) is 16.5. The van der Waals surface area contributed by atoms with Crippen LogP contribution in [0.2, 0.25) is 0 Å². The standard InChI is InChI=1S/C19H21NO6/c1-11-13(9-16(21)20-4-7-24-8-5-20)19(22)26-14-10-15(23-2)18-12(17(11)14)3-6-25-18/h10H,3-9H2,1-2H3. The highest BCUT2D eigenvalue weighted by Gasteiger charge is 2.26. The Morgan fingerprint density at radius 3 is 2.77 bits per heavy atom. The third kappa shape index (κ3) is 2.72. The zero-order valence-electron chi connectivity index (χ0n) is 14.9. The molecular weight excluding hydrogens is 338 g/mol. The van der Waals surface area contributed by atoms with Crippen LogP contribution in [0.4, 0.5) is 0 Å². The van der Waals surface area contributed by atoms with Gasteiger partial charge in [0.1, 0.15) is 5.58 Å². The third-order valence-corrected chi connectivity index (χ3v) is 5.10. The van der Waals surface area contributed by atoms with Gasteiger partial charge in [-0.2, -0.15) is 0 Å². The molecule has 138 valence electrons. The lowest BCUT2D eigenvalue weighted by Gasteiger charge is -2.27. The lowest BCUT2D eigenvalue weighted by molar-refractivity contribution is -0.134. The molecule has 0 N–H and O–H groups in total. The van der Waals surface area contributed by atoms with E-state index in [4.69, 9.17) is 18.6 Å². The van der Waals surface area contributed by atoms with Gasteiger partial charge in [-0.15, -0.1) is 0 Å². The molecule has 1 aromatic heterocycles. The van der Waals surface area contributed by atoms with Crippen molar-refractivity contribution in [2.45, 2.75) is 19.8 Å². The summed E-state index contributed by atoms with van der Waals surface area (Å²) in [4.78, 5) is 26.9. The largest absolute Gasteiger partial charge is 0.493 e. The SMILES string of the molecule is COc1cc2oc(=O)c(CC(=O)N3CCOCC3)c(C)c2c2c1OCC2. The van der Waals surface area contributed by atoms with Crippen molar-refractivity contribution in [1.29, 1.82) is 0 Å². The number of carbonyl (C=O) groups is 1. The number of benzene rings is 1. The molecule has 3 heterocycles. The number of hydrogen-bond donors (Lipinski definition) is 0. The van der Waals surface area contributed by atoms with E-state index in [1.54, 1.807) is 18.1 Å². The molecule has 1 fully saturated rings. The van der Waals surface area contributed by atoms with Crippen molar-refractivity contribution in [2.75, 3.05) is 40.0 Å². The number of morpholine rings is 1. The molecule has 7 nitrogen and oxygen atoms in total. The van der Waals surface area contributed by atoms with E-state index in [-0.39, 0.29) is 12.3 Å². The summed E-state index contributed by atoms with van der Waals surface area (Å²) in [5, 5.41) is 0.850. The highest BCUT2D eigenvalue weighted by Crippen LogP contribution is 2.42. The van der Waals surface area contributed by atoms with E-state index in [1.807, 2.05) is 6.92 Å². The van der Waals surface area contributed by atoms with Gasteiger partial charge in [-0.1, -0.05) is 0 Å². The minimum Gasteiger partial charge on any atom is -0.493 e. The molecule has 2 aliphatic heterocycles. The zero-order chi connectivity index (χ0) is 18.3. The Kier molecular flexibility index (Phi) is 4.32. The van der Waals surface area contributed by atoms with Gasteiger partial charge in [-0.3, -0.25) is 4.79 Å². The van der Waals surface area contributed by atoms with Gasteiger partial charge in [0.25, 0.3) is 0 Å². The van der Waals surface area contributed by atoms with Crippen LogP contribution in [0.3, 0.4) is 0 Å². The van der Waals surface area contributed by atoms with Gasteiger partial charge in [-0.05, 0) is 12.5 Å². The van der Waals surface area contributed by atoms with Gasteiger partial charge < -0.3 is 23.5 Å². The van der Waals surface area contributed by atoms with Crippen LogP contribution in [0.5, 0.6) is 11.5 Å². The molecular formula is C19H21NO6. The number of carbonyl (C=O) groups excluding carboxylic acids is 1. The molecule has 0 spiro atoms. The molecule has 1 aromatic carbocycles. The fraction of sp³-hybridized carbons (Fsp3) is 0.474. The predicted molar refractivity (Wildman–Crippen MR) is 94.1 cm³/mol. The van der Waals surface area contributed by atoms with Gasteiger partial charge in [0.15, 0.2) is 11.5 Å². The molecule has 1 saturated heterocycles. The average Bonchev–Trinajstić information content (AvgIpc) is 3.14. The van der Waals surface area contributed by atoms with Crippen LogP contribution < -0.4 is 15.1 Å². The Bertz CT molecular complexity index is 926. The molecule has 0 saturated carbocycles. The Balaban J connectivity index is 1.79. The second-order valence-corrected chi connectivity index (χ2v) is 6.52.